The summed E-state index contributed by atoms with van der Waals surface area (Å²) < 4.78 is 5.45. The van der Waals surface area contributed by atoms with E-state index >= 15 is 0 Å². The van der Waals surface area contributed by atoms with Crippen LogP contribution in [0.1, 0.15) is 48.8 Å². The number of hydrogen-bond donors (Lipinski definition) is 1. The van der Waals surface area contributed by atoms with Gasteiger partial charge in [-0.1, -0.05) is 17.7 Å². The maximum atomic E-state index is 12.7. The van der Waals surface area contributed by atoms with Crippen LogP contribution in [0.4, 0.5) is 5.69 Å². The fraction of sp³-hybridized carbons (Fsp3) is 0.636. The summed E-state index contributed by atoms with van der Waals surface area (Å²) in [6.07, 6.45) is 6.09. The molecule has 0 saturated heterocycles. The van der Waals surface area contributed by atoms with Crippen LogP contribution in [0.25, 0.3) is 0 Å². The van der Waals surface area contributed by atoms with E-state index in [-0.39, 0.29) is 24.4 Å². The van der Waals surface area contributed by atoms with E-state index in [4.69, 9.17) is 4.74 Å². The second-order valence-corrected chi connectivity index (χ2v) is 8.89. The predicted molar refractivity (Wildman–Crippen MR) is 101 cm³/mol. The van der Waals surface area contributed by atoms with Gasteiger partial charge in [-0.3, -0.25) is 9.59 Å². The number of benzene rings is 1. The molecule has 5 rings (SSSR count). The molecule has 0 atom stereocenters. The molecule has 4 saturated carbocycles. The molecule has 1 aromatic rings. The van der Waals surface area contributed by atoms with E-state index in [0.717, 1.165) is 28.7 Å². The normalized spacial score (nSPS) is 31.7. The van der Waals surface area contributed by atoms with E-state index in [0.29, 0.717) is 11.8 Å². The molecule has 1 amide bonds. The highest BCUT2D eigenvalue weighted by Crippen LogP contribution is 2.56. The molecule has 0 heterocycles. The first-order chi connectivity index (χ1) is 12.4. The van der Waals surface area contributed by atoms with E-state index < -0.39 is 0 Å². The quantitative estimate of drug-likeness (QED) is 0.825. The largest absolute Gasteiger partial charge is 0.455 e. The standard InChI is InChI=1S/C22H29NO3/c1-12-4-13(2)21(14(3)5-12)23-19(24)11-26-22(25)20-17-7-15-6-16(9-17)10-18(20)8-15/h4-5,15-18,20H,6-11H2,1-3H3,(H,23,24). The van der Waals surface area contributed by atoms with Crippen molar-refractivity contribution in [2.75, 3.05) is 11.9 Å². The fourth-order valence-corrected chi connectivity index (χ4v) is 6.10. The second-order valence-electron chi connectivity index (χ2n) is 8.89. The molecule has 4 nitrogen and oxygen atoms in total. The van der Waals surface area contributed by atoms with E-state index in [1.54, 1.807) is 0 Å². The van der Waals surface area contributed by atoms with Crippen LogP contribution in [0, 0.1) is 50.4 Å². The molecule has 4 heteroatoms. The van der Waals surface area contributed by atoms with Gasteiger partial charge in [0.05, 0.1) is 5.92 Å². The zero-order valence-corrected chi connectivity index (χ0v) is 16.0. The summed E-state index contributed by atoms with van der Waals surface area (Å²) in [5, 5.41) is 2.91. The lowest BCUT2D eigenvalue weighted by Crippen LogP contribution is -2.48. The van der Waals surface area contributed by atoms with Crippen LogP contribution in [0.3, 0.4) is 0 Å². The summed E-state index contributed by atoms with van der Waals surface area (Å²) in [5.74, 6) is 2.27. The molecule has 0 aliphatic heterocycles. The minimum atomic E-state index is -0.253. The molecule has 4 bridgehead atoms. The summed E-state index contributed by atoms with van der Waals surface area (Å²) in [5.41, 5.74) is 4.06. The monoisotopic (exact) mass is 355 g/mol. The van der Waals surface area contributed by atoms with Crippen molar-refractivity contribution in [2.24, 2.45) is 29.6 Å². The zero-order valence-electron chi connectivity index (χ0n) is 16.0. The molecule has 1 N–H and O–H groups in total. The van der Waals surface area contributed by atoms with Gasteiger partial charge in [0.15, 0.2) is 6.61 Å². The molecular weight excluding hydrogens is 326 g/mol. The SMILES string of the molecule is Cc1cc(C)c(NC(=O)COC(=O)C2C3CC4CC(C3)CC2C4)c(C)c1. The molecule has 0 aromatic heterocycles. The van der Waals surface area contributed by atoms with Gasteiger partial charge in [0, 0.05) is 5.69 Å². The number of aryl methyl sites for hydroxylation is 3. The molecule has 1 aromatic carbocycles. The Morgan fingerprint density at radius 3 is 2.04 bits per heavy atom. The first-order valence-corrected chi connectivity index (χ1v) is 9.95. The van der Waals surface area contributed by atoms with E-state index in [1.807, 2.05) is 32.9 Å². The van der Waals surface area contributed by atoms with Crippen LogP contribution < -0.4 is 5.32 Å². The molecule has 4 fully saturated rings. The average molecular weight is 355 g/mol. The van der Waals surface area contributed by atoms with Gasteiger partial charge in [-0.2, -0.15) is 0 Å². The highest BCUT2D eigenvalue weighted by Gasteiger charge is 2.51. The second kappa shape index (κ2) is 6.71. The molecule has 0 unspecified atom stereocenters. The first kappa shape index (κ1) is 17.6. The average Bonchev–Trinajstić information content (AvgIpc) is 2.55. The van der Waals surface area contributed by atoms with Crippen LogP contribution >= 0.6 is 0 Å². The number of anilines is 1. The Hall–Kier alpha value is -1.84. The number of carbonyl (C=O) groups excluding carboxylic acids is 2. The summed E-state index contributed by atoms with van der Waals surface area (Å²) in [4.78, 5) is 25.0. The number of ether oxygens (including phenoxy) is 1. The topological polar surface area (TPSA) is 55.4 Å². The summed E-state index contributed by atoms with van der Waals surface area (Å²) in [6.45, 7) is 5.82. The van der Waals surface area contributed by atoms with Gasteiger partial charge in [0.25, 0.3) is 5.91 Å². The van der Waals surface area contributed by atoms with E-state index in [2.05, 4.69) is 5.32 Å². The van der Waals surface area contributed by atoms with Gasteiger partial charge in [-0.05, 0) is 87.7 Å². The number of esters is 1. The van der Waals surface area contributed by atoms with Gasteiger partial charge in [0.2, 0.25) is 0 Å². The molecule has 0 spiro atoms. The van der Waals surface area contributed by atoms with Gasteiger partial charge in [-0.25, -0.2) is 0 Å². The van der Waals surface area contributed by atoms with Gasteiger partial charge in [-0.15, -0.1) is 0 Å². The minimum absolute atomic E-state index is 0.0263. The maximum Gasteiger partial charge on any atom is 0.310 e. The van der Waals surface area contributed by atoms with Crippen LogP contribution in [-0.4, -0.2) is 18.5 Å². The number of hydrogen-bond acceptors (Lipinski definition) is 3. The fourth-order valence-electron chi connectivity index (χ4n) is 6.10. The molecule has 4 aliphatic rings. The molecular formula is C22H29NO3. The third-order valence-corrected chi connectivity index (χ3v) is 6.79. The third kappa shape index (κ3) is 3.26. The lowest BCUT2D eigenvalue weighted by molar-refractivity contribution is -0.164. The number of rotatable bonds is 4. The zero-order chi connectivity index (χ0) is 18.4. The Bertz CT molecular complexity index is 688. The summed E-state index contributed by atoms with van der Waals surface area (Å²) >= 11 is 0. The summed E-state index contributed by atoms with van der Waals surface area (Å²) in [7, 11) is 0. The lowest BCUT2D eigenvalue weighted by atomic mass is 9.52. The van der Waals surface area contributed by atoms with E-state index in [1.165, 1.54) is 37.7 Å². The minimum Gasteiger partial charge on any atom is -0.455 e. The van der Waals surface area contributed by atoms with Crippen molar-refractivity contribution in [1.29, 1.82) is 0 Å². The number of amides is 1. The van der Waals surface area contributed by atoms with Gasteiger partial charge < -0.3 is 10.1 Å². The first-order valence-electron chi connectivity index (χ1n) is 9.95. The highest BCUT2D eigenvalue weighted by molar-refractivity contribution is 5.94. The molecule has 26 heavy (non-hydrogen) atoms. The third-order valence-electron chi connectivity index (χ3n) is 6.79. The Balaban J connectivity index is 1.34. The van der Waals surface area contributed by atoms with Crippen LogP contribution in [0.5, 0.6) is 0 Å². The van der Waals surface area contributed by atoms with Crippen molar-refractivity contribution in [3.8, 4) is 0 Å². The lowest BCUT2D eigenvalue weighted by Gasteiger charge is -2.53. The van der Waals surface area contributed by atoms with Crippen LogP contribution in [-0.2, 0) is 14.3 Å². The summed E-state index contributed by atoms with van der Waals surface area (Å²) in [6, 6.07) is 4.09. The van der Waals surface area contributed by atoms with Crippen molar-refractivity contribution in [3.63, 3.8) is 0 Å². The Morgan fingerprint density at radius 2 is 1.50 bits per heavy atom. The van der Waals surface area contributed by atoms with Crippen LogP contribution in [0.15, 0.2) is 12.1 Å². The van der Waals surface area contributed by atoms with Crippen molar-refractivity contribution < 1.29 is 14.3 Å². The predicted octanol–water partition coefficient (Wildman–Crippen LogP) is 4.17. The Morgan fingerprint density at radius 1 is 0.962 bits per heavy atom. The smallest absolute Gasteiger partial charge is 0.310 e. The van der Waals surface area contributed by atoms with Crippen molar-refractivity contribution in [3.05, 3.63) is 28.8 Å². The Kier molecular flexibility index (Phi) is 4.54. The van der Waals surface area contributed by atoms with Gasteiger partial charge in [0.1, 0.15) is 0 Å². The van der Waals surface area contributed by atoms with Crippen molar-refractivity contribution in [2.45, 2.75) is 52.9 Å². The molecule has 4 aliphatic carbocycles. The Labute approximate surface area is 155 Å². The molecule has 0 radical (unpaired) electrons. The van der Waals surface area contributed by atoms with E-state index in [9.17, 15) is 9.59 Å². The van der Waals surface area contributed by atoms with Gasteiger partial charge >= 0.3 is 5.97 Å². The van der Waals surface area contributed by atoms with Crippen molar-refractivity contribution >= 4 is 17.6 Å². The number of carbonyl (C=O) groups is 2. The van der Waals surface area contributed by atoms with Crippen molar-refractivity contribution in [1.82, 2.24) is 0 Å². The van der Waals surface area contributed by atoms with Crippen LogP contribution in [0.2, 0.25) is 0 Å². The maximum absolute atomic E-state index is 12.7. The molecule has 140 valence electrons. The highest BCUT2D eigenvalue weighted by atomic mass is 16.5. The number of nitrogens with one attached hydrogen (secondary N) is 1.